The summed E-state index contributed by atoms with van der Waals surface area (Å²) in [5.74, 6) is 0.889. The summed E-state index contributed by atoms with van der Waals surface area (Å²) in [5.41, 5.74) is 0.546. The normalized spacial score (nSPS) is 10.1. The van der Waals surface area contributed by atoms with E-state index in [-0.39, 0.29) is 12.5 Å². The van der Waals surface area contributed by atoms with Crippen molar-refractivity contribution in [3.8, 4) is 11.8 Å². The number of anilines is 1. The van der Waals surface area contributed by atoms with Gasteiger partial charge >= 0.3 is 0 Å². The van der Waals surface area contributed by atoms with Crippen LogP contribution in [0.25, 0.3) is 0 Å². The van der Waals surface area contributed by atoms with Crippen LogP contribution in [0.15, 0.2) is 54.0 Å². The molecule has 2 heterocycles. The molecule has 0 unspecified atom stereocenters. The Morgan fingerprint density at radius 1 is 1.29 bits per heavy atom. The molecule has 3 aromatic rings. The summed E-state index contributed by atoms with van der Waals surface area (Å²) >= 11 is 1.64. The number of nitriles is 1. The molecule has 0 saturated heterocycles. The maximum atomic E-state index is 12.0. The summed E-state index contributed by atoms with van der Waals surface area (Å²) in [5, 5.41) is 17.8. The van der Waals surface area contributed by atoms with Gasteiger partial charge in [-0.1, -0.05) is 6.07 Å². The molecular weight excluding hydrogens is 324 g/mol. The second kappa shape index (κ2) is 7.44. The van der Waals surface area contributed by atoms with E-state index in [0.29, 0.717) is 23.7 Å². The third kappa shape index (κ3) is 4.00. The Morgan fingerprint density at radius 2 is 2.12 bits per heavy atom. The molecule has 0 bridgehead atoms. The third-order valence-corrected chi connectivity index (χ3v) is 4.08. The van der Waals surface area contributed by atoms with Crippen molar-refractivity contribution in [2.45, 2.75) is 6.54 Å². The standard InChI is InChI=1S/C17H14N4O2S/c18-10-13-3-5-14(6-4-13)23-12-17(22)20-16-7-8-19-21(16)11-15-2-1-9-24-15/h1-9H,11-12H2,(H,20,22). The molecule has 120 valence electrons. The van der Waals surface area contributed by atoms with Crippen molar-refractivity contribution in [3.63, 3.8) is 0 Å². The van der Waals surface area contributed by atoms with Gasteiger partial charge in [0.1, 0.15) is 11.6 Å². The molecule has 6 nitrogen and oxygen atoms in total. The van der Waals surface area contributed by atoms with Gasteiger partial charge in [0.05, 0.1) is 24.4 Å². The number of hydrogen-bond acceptors (Lipinski definition) is 5. The van der Waals surface area contributed by atoms with Gasteiger partial charge in [0.15, 0.2) is 6.61 Å². The third-order valence-electron chi connectivity index (χ3n) is 3.22. The Balaban J connectivity index is 1.55. The quantitative estimate of drug-likeness (QED) is 0.749. The van der Waals surface area contributed by atoms with Crippen molar-refractivity contribution in [1.29, 1.82) is 5.26 Å². The van der Waals surface area contributed by atoms with E-state index in [0.717, 1.165) is 4.88 Å². The molecular formula is C17H14N4O2S. The SMILES string of the molecule is N#Cc1ccc(OCC(=O)Nc2ccnn2Cc2cccs2)cc1. The predicted octanol–water partition coefficient (Wildman–Crippen LogP) is 2.88. The highest BCUT2D eigenvalue weighted by molar-refractivity contribution is 7.09. The van der Waals surface area contributed by atoms with E-state index in [1.807, 2.05) is 23.6 Å². The Labute approximate surface area is 142 Å². The number of hydrogen-bond donors (Lipinski definition) is 1. The zero-order valence-corrected chi connectivity index (χ0v) is 13.5. The van der Waals surface area contributed by atoms with Crippen molar-refractivity contribution in [2.24, 2.45) is 0 Å². The summed E-state index contributed by atoms with van der Waals surface area (Å²) in [6, 6.07) is 14.4. The molecule has 24 heavy (non-hydrogen) atoms. The number of thiophene rings is 1. The van der Waals surface area contributed by atoms with E-state index in [1.54, 1.807) is 52.5 Å². The zero-order valence-electron chi connectivity index (χ0n) is 12.7. The second-order valence-corrected chi connectivity index (χ2v) is 5.96. The number of aromatic nitrogens is 2. The van der Waals surface area contributed by atoms with Crippen molar-refractivity contribution in [1.82, 2.24) is 9.78 Å². The molecule has 0 spiro atoms. The van der Waals surface area contributed by atoms with Crippen LogP contribution >= 0.6 is 11.3 Å². The fraction of sp³-hybridized carbons (Fsp3) is 0.118. The van der Waals surface area contributed by atoms with Crippen LogP contribution in [0.4, 0.5) is 5.82 Å². The molecule has 0 radical (unpaired) electrons. The first-order valence-corrected chi connectivity index (χ1v) is 8.09. The lowest BCUT2D eigenvalue weighted by Gasteiger charge is -2.09. The van der Waals surface area contributed by atoms with E-state index in [9.17, 15) is 4.79 Å². The van der Waals surface area contributed by atoms with Gasteiger partial charge in [-0.3, -0.25) is 4.79 Å². The second-order valence-electron chi connectivity index (χ2n) is 4.93. The molecule has 0 aliphatic rings. The van der Waals surface area contributed by atoms with Crippen molar-refractivity contribution < 1.29 is 9.53 Å². The molecule has 1 aromatic carbocycles. The molecule has 1 N–H and O–H groups in total. The minimum Gasteiger partial charge on any atom is -0.484 e. The maximum absolute atomic E-state index is 12.0. The first kappa shape index (κ1) is 15.8. The van der Waals surface area contributed by atoms with Gasteiger partial charge in [-0.05, 0) is 35.7 Å². The molecule has 0 fully saturated rings. The molecule has 2 aromatic heterocycles. The Hall–Kier alpha value is -3.11. The molecule has 1 amide bonds. The van der Waals surface area contributed by atoms with Crippen molar-refractivity contribution in [3.05, 3.63) is 64.5 Å². The number of nitrogens with one attached hydrogen (secondary N) is 1. The molecule has 0 atom stereocenters. The number of carbonyl (C=O) groups is 1. The van der Waals surface area contributed by atoms with Gasteiger partial charge in [-0.25, -0.2) is 4.68 Å². The van der Waals surface area contributed by atoms with E-state index in [4.69, 9.17) is 10.00 Å². The fourth-order valence-corrected chi connectivity index (χ4v) is 2.75. The number of rotatable bonds is 6. The van der Waals surface area contributed by atoms with Crippen LogP contribution < -0.4 is 10.1 Å². The smallest absolute Gasteiger partial charge is 0.263 e. The molecule has 0 aliphatic carbocycles. The minimum absolute atomic E-state index is 0.115. The summed E-state index contributed by atoms with van der Waals surface area (Å²) in [6.45, 7) is 0.493. The average Bonchev–Trinajstić information content (AvgIpc) is 3.26. The lowest BCUT2D eigenvalue weighted by molar-refractivity contribution is -0.118. The highest BCUT2D eigenvalue weighted by Crippen LogP contribution is 2.15. The first-order chi connectivity index (χ1) is 11.7. The highest BCUT2D eigenvalue weighted by Gasteiger charge is 2.09. The molecule has 0 aliphatic heterocycles. The summed E-state index contributed by atoms with van der Waals surface area (Å²) in [7, 11) is 0. The number of ether oxygens (including phenoxy) is 1. The Morgan fingerprint density at radius 3 is 2.83 bits per heavy atom. The van der Waals surface area contributed by atoms with Crippen LogP contribution in [-0.2, 0) is 11.3 Å². The molecule has 7 heteroatoms. The number of amides is 1. The van der Waals surface area contributed by atoms with Gasteiger partial charge in [-0.15, -0.1) is 11.3 Å². The maximum Gasteiger partial charge on any atom is 0.263 e. The van der Waals surface area contributed by atoms with E-state index in [1.165, 1.54) is 0 Å². The van der Waals surface area contributed by atoms with Gasteiger partial charge in [0.25, 0.3) is 5.91 Å². The first-order valence-electron chi connectivity index (χ1n) is 7.21. The van der Waals surface area contributed by atoms with E-state index < -0.39 is 0 Å². The largest absolute Gasteiger partial charge is 0.484 e. The Kier molecular flexibility index (Phi) is 4.89. The zero-order chi connectivity index (χ0) is 16.8. The van der Waals surface area contributed by atoms with Crippen molar-refractivity contribution >= 4 is 23.1 Å². The van der Waals surface area contributed by atoms with E-state index >= 15 is 0 Å². The van der Waals surface area contributed by atoms with Gasteiger partial charge in [0, 0.05) is 10.9 Å². The van der Waals surface area contributed by atoms with E-state index in [2.05, 4.69) is 10.4 Å². The average molecular weight is 338 g/mol. The lowest BCUT2D eigenvalue weighted by atomic mass is 10.2. The number of benzene rings is 1. The highest BCUT2D eigenvalue weighted by atomic mass is 32.1. The Bertz CT molecular complexity index is 848. The van der Waals surface area contributed by atoms with Crippen LogP contribution in [0.3, 0.4) is 0 Å². The van der Waals surface area contributed by atoms with Gasteiger partial charge in [-0.2, -0.15) is 10.4 Å². The summed E-state index contributed by atoms with van der Waals surface area (Å²) < 4.78 is 7.14. The number of nitrogens with zero attached hydrogens (tertiary/aromatic N) is 3. The summed E-state index contributed by atoms with van der Waals surface area (Å²) in [6.07, 6.45) is 1.64. The van der Waals surface area contributed by atoms with Gasteiger partial charge < -0.3 is 10.1 Å². The lowest BCUT2D eigenvalue weighted by Crippen LogP contribution is -2.22. The van der Waals surface area contributed by atoms with Crippen LogP contribution in [0.1, 0.15) is 10.4 Å². The molecule has 3 rings (SSSR count). The monoisotopic (exact) mass is 338 g/mol. The number of carbonyl (C=O) groups excluding carboxylic acids is 1. The fourth-order valence-electron chi connectivity index (χ4n) is 2.07. The van der Waals surface area contributed by atoms with Crippen LogP contribution in [0.2, 0.25) is 0 Å². The van der Waals surface area contributed by atoms with Crippen LogP contribution in [-0.4, -0.2) is 22.3 Å². The van der Waals surface area contributed by atoms with Crippen molar-refractivity contribution in [2.75, 3.05) is 11.9 Å². The van der Waals surface area contributed by atoms with Gasteiger partial charge in [0.2, 0.25) is 0 Å². The summed E-state index contributed by atoms with van der Waals surface area (Å²) in [4.78, 5) is 13.2. The minimum atomic E-state index is -0.271. The van der Waals surface area contributed by atoms with Crippen LogP contribution in [0, 0.1) is 11.3 Å². The molecule has 0 saturated carbocycles. The topological polar surface area (TPSA) is 79.9 Å². The predicted molar refractivity (Wildman–Crippen MR) is 90.9 cm³/mol. The van der Waals surface area contributed by atoms with Crippen LogP contribution in [0.5, 0.6) is 5.75 Å².